The molecule has 0 aliphatic heterocycles. The Balaban J connectivity index is 0.844. The molecular weight excluding hydrogens is 715 g/mol. The van der Waals surface area contributed by atoms with E-state index < -0.39 is 0 Å². The van der Waals surface area contributed by atoms with Crippen LogP contribution in [0.1, 0.15) is 24.1 Å². The van der Waals surface area contributed by atoms with E-state index in [1.807, 2.05) is 6.20 Å². The molecule has 11 aromatic rings. The topological polar surface area (TPSA) is 30.7 Å². The first-order valence-electron chi connectivity index (χ1n) is 20.4. The Hall–Kier alpha value is -7.62. The Morgan fingerprint density at radius 3 is 1.69 bits per heavy atom. The first-order valence-corrected chi connectivity index (χ1v) is 20.4. The molecule has 0 N–H and O–H groups in total. The number of benzene rings is 9. The van der Waals surface area contributed by atoms with Crippen molar-refractivity contribution in [3.63, 3.8) is 0 Å². The summed E-state index contributed by atoms with van der Waals surface area (Å²) in [7, 11) is 0. The van der Waals surface area contributed by atoms with E-state index in [-0.39, 0.29) is 0 Å². The van der Waals surface area contributed by atoms with Crippen molar-refractivity contribution >= 4 is 76.3 Å². The van der Waals surface area contributed by atoms with Gasteiger partial charge in [-0.1, -0.05) is 164 Å². The van der Waals surface area contributed by atoms with Crippen LogP contribution in [-0.2, 0) is 0 Å². The molecule has 0 bridgehead atoms. The molecule has 0 unspecified atom stereocenters. The fourth-order valence-corrected chi connectivity index (χ4v) is 9.44. The van der Waals surface area contributed by atoms with Gasteiger partial charge in [-0.2, -0.15) is 0 Å². The fraction of sp³-hybridized carbons (Fsp3) is 0.0357. The van der Waals surface area contributed by atoms with Crippen LogP contribution in [0.25, 0.3) is 104 Å². The number of aromatic nitrogens is 3. The number of para-hydroxylation sites is 1. The highest BCUT2D eigenvalue weighted by molar-refractivity contribution is 6.23. The van der Waals surface area contributed by atoms with Crippen LogP contribution in [0.2, 0.25) is 0 Å². The molecule has 3 heteroatoms. The lowest BCUT2D eigenvalue weighted by Gasteiger charge is -2.16. The van der Waals surface area contributed by atoms with Gasteiger partial charge in [-0.3, -0.25) is 4.98 Å². The molecule has 2 heterocycles. The van der Waals surface area contributed by atoms with Crippen LogP contribution >= 0.6 is 0 Å². The summed E-state index contributed by atoms with van der Waals surface area (Å²) < 4.78 is 2.42. The number of nitrogens with zero attached hydrogens (tertiary/aromatic N) is 3. The summed E-state index contributed by atoms with van der Waals surface area (Å²) >= 11 is 0. The Morgan fingerprint density at radius 2 is 0.932 bits per heavy atom. The standard InChI is InChI=1S/C56H37N3/c1-2-15-44-39(11-1)12-10-22-52(44)59-53-21-8-7-18-47(53)50-34-43(31-32-54(50)59)38-25-23-36(24-26-38)41-13-9-14-42(33-41)37-27-29-40(30-28-37)51-35-57-55-48-19-5-3-16-45(48)46-17-4-6-20-49(46)56(55)58-51/h1-27,29,31-35H,28,30H2. The van der Waals surface area contributed by atoms with Crippen molar-refractivity contribution in [2.24, 2.45) is 0 Å². The zero-order valence-electron chi connectivity index (χ0n) is 32.3. The highest BCUT2D eigenvalue weighted by Gasteiger charge is 2.17. The van der Waals surface area contributed by atoms with Crippen LogP contribution in [-0.4, -0.2) is 14.5 Å². The zero-order chi connectivity index (χ0) is 38.9. The Kier molecular flexibility index (Phi) is 7.67. The molecule has 9 aromatic carbocycles. The lowest BCUT2D eigenvalue weighted by atomic mass is 9.90. The van der Waals surface area contributed by atoms with Gasteiger partial charge in [0.05, 0.1) is 39.6 Å². The predicted molar refractivity (Wildman–Crippen MR) is 249 cm³/mol. The molecule has 0 spiro atoms. The van der Waals surface area contributed by atoms with Crippen LogP contribution in [0.15, 0.2) is 200 Å². The maximum atomic E-state index is 5.25. The molecule has 276 valence electrons. The van der Waals surface area contributed by atoms with Gasteiger partial charge in [0.15, 0.2) is 0 Å². The zero-order valence-corrected chi connectivity index (χ0v) is 32.3. The maximum absolute atomic E-state index is 5.25. The molecule has 0 saturated heterocycles. The predicted octanol–water partition coefficient (Wildman–Crippen LogP) is 14.8. The van der Waals surface area contributed by atoms with E-state index in [4.69, 9.17) is 9.97 Å². The number of rotatable bonds is 5. The van der Waals surface area contributed by atoms with E-state index in [2.05, 4.69) is 199 Å². The summed E-state index contributed by atoms with van der Waals surface area (Å²) in [5.41, 5.74) is 15.2. The minimum Gasteiger partial charge on any atom is -0.309 e. The third-order valence-corrected chi connectivity index (χ3v) is 12.4. The van der Waals surface area contributed by atoms with Gasteiger partial charge in [0.1, 0.15) is 0 Å². The average Bonchev–Trinajstić information content (AvgIpc) is 3.65. The van der Waals surface area contributed by atoms with Gasteiger partial charge < -0.3 is 4.57 Å². The van der Waals surface area contributed by atoms with Crippen LogP contribution in [0, 0.1) is 0 Å². The summed E-state index contributed by atoms with van der Waals surface area (Å²) in [5, 5.41) is 9.75. The van der Waals surface area contributed by atoms with Crippen LogP contribution in [0.5, 0.6) is 0 Å². The monoisotopic (exact) mass is 751 g/mol. The summed E-state index contributed by atoms with van der Waals surface area (Å²) in [5.74, 6) is 0. The first-order chi connectivity index (χ1) is 29.2. The van der Waals surface area contributed by atoms with Crippen molar-refractivity contribution in [1.29, 1.82) is 0 Å². The fourth-order valence-electron chi connectivity index (χ4n) is 9.44. The van der Waals surface area contributed by atoms with Crippen molar-refractivity contribution < 1.29 is 0 Å². The molecule has 3 nitrogen and oxygen atoms in total. The third-order valence-electron chi connectivity index (χ3n) is 12.4. The van der Waals surface area contributed by atoms with E-state index in [1.165, 1.54) is 88.0 Å². The highest BCUT2D eigenvalue weighted by Crippen LogP contribution is 2.39. The summed E-state index contributed by atoms with van der Waals surface area (Å²) in [6.45, 7) is 0. The van der Waals surface area contributed by atoms with E-state index >= 15 is 0 Å². The molecule has 2 aromatic heterocycles. The molecule has 0 radical (unpaired) electrons. The summed E-state index contributed by atoms with van der Waals surface area (Å²) in [4.78, 5) is 10.3. The molecule has 0 atom stereocenters. The second-order valence-corrected chi connectivity index (χ2v) is 15.7. The third kappa shape index (κ3) is 5.50. The molecule has 0 amide bonds. The van der Waals surface area contributed by atoms with Crippen molar-refractivity contribution in [2.75, 3.05) is 0 Å². The van der Waals surface area contributed by atoms with Gasteiger partial charge in [-0.25, -0.2) is 4.98 Å². The SMILES string of the molecule is C1=C(c2cccc(-c3ccc(-c4ccc5c(c4)c4ccccc4n5-c4cccc5ccccc45)cc3)c2)CCC(c2cnc3c4ccccc4c4ccccc4c3n2)=C1. The van der Waals surface area contributed by atoms with Gasteiger partial charge in [0.25, 0.3) is 0 Å². The van der Waals surface area contributed by atoms with Crippen LogP contribution in [0.3, 0.4) is 0 Å². The normalized spacial score (nSPS) is 13.2. The lowest BCUT2D eigenvalue weighted by Crippen LogP contribution is -1.98. The Morgan fingerprint density at radius 1 is 0.373 bits per heavy atom. The van der Waals surface area contributed by atoms with Gasteiger partial charge in [-0.05, 0) is 98.3 Å². The molecule has 0 fully saturated rings. The van der Waals surface area contributed by atoms with Crippen molar-refractivity contribution in [1.82, 2.24) is 14.5 Å². The van der Waals surface area contributed by atoms with Gasteiger partial charge >= 0.3 is 0 Å². The molecule has 12 rings (SSSR count). The molecule has 1 aliphatic carbocycles. The van der Waals surface area contributed by atoms with Crippen LogP contribution < -0.4 is 0 Å². The summed E-state index contributed by atoms with van der Waals surface area (Å²) in [6.07, 6.45) is 8.35. The number of allylic oxidation sites excluding steroid dienone is 4. The van der Waals surface area contributed by atoms with Gasteiger partial charge in [0, 0.05) is 26.9 Å². The second kappa shape index (κ2) is 13.5. The van der Waals surface area contributed by atoms with E-state index in [1.54, 1.807) is 0 Å². The Bertz CT molecular complexity index is 3510. The van der Waals surface area contributed by atoms with Crippen molar-refractivity contribution in [2.45, 2.75) is 12.8 Å². The largest absolute Gasteiger partial charge is 0.309 e. The van der Waals surface area contributed by atoms with Gasteiger partial charge in [-0.15, -0.1) is 0 Å². The summed E-state index contributed by atoms with van der Waals surface area (Å²) in [6, 6.07) is 66.0. The van der Waals surface area contributed by atoms with E-state index in [0.717, 1.165) is 40.3 Å². The number of hydrogen-bond acceptors (Lipinski definition) is 2. The quantitative estimate of drug-likeness (QED) is 0.164. The van der Waals surface area contributed by atoms with Crippen LogP contribution in [0.4, 0.5) is 0 Å². The average molecular weight is 752 g/mol. The molecule has 0 saturated carbocycles. The van der Waals surface area contributed by atoms with E-state index in [0.29, 0.717) is 0 Å². The first kappa shape index (κ1) is 33.5. The molecule has 59 heavy (non-hydrogen) atoms. The second-order valence-electron chi connectivity index (χ2n) is 15.7. The van der Waals surface area contributed by atoms with E-state index in [9.17, 15) is 0 Å². The number of fused-ring (bicyclic) bond motifs is 10. The lowest BCUT2D eigenvalue weighted by molar-refractivity contribution is 1.05. The minimum atomic E-state index is 0.918. The molecule has 1 aliphatic rings. The van der Waals surface area contributed by atoms with Crippen molar-refractivity contribution in [3.05, 3.63) is 212 Å². The number of hydrogen-bond donors (Lipinski definition) is 0. The Labute approximate surface area is 341 Å². The van der Waals surface area contributed by atoms with Crippen molar-refractivity contribution in [3.8, 4) is 27.9 Å². The molecular formula is C56H37N3. The smallest absolute Gasteiger partial charge is 0.0979 e. The maximum Gasteiger partial charge on any atom is 0.0979 e. The minimum absolute atomic E-state index is 0.918. The van der Waals surface area contributed by atoms with Gasteiger partial charge in [0.2, 0.25) is 0 Å². The highest BCUT2D eigenvalue weighted by atomic mass is 15.0.